The smallest absolute Gasteiger partial charge is 0.137 e. The fraction of sp³-hybridized carbons (Fsp3) is 0.688. The largest absolute Gasteiger partial charge is 0.301 e. The molecule has 1 fully saturated rings. The number of halogens is 1. The zero-order chi connectivity index (χ0) is 14.5. The van der Waals surface area contributed by atoms with Crippen LogP contribution in [0.1, 0.15) is 44.6 Å². The van der Waals surface area contributed by atoms with E-state index < -0.39 is 0 Å². The third-order valence-electron chi connectivity index (χ3n) is 4.18. The van der Waals surface area contributed by atoms with Gasteiger partial charge in [-0.05, 0) is 58.7 Å². The monoisotopic (exact) mass is 357 g/mol. The van der Waals surface area contributed by atoms with Gasteiger partial charge in [0.25, 0.3) is 0 Å². The number of hydrogen-bond acceptors (Lipinski definition) is 3. The first-order chi connectivity index (χ1) is 9.58. The highest BCUT2D eigenvalue weighted by atomic mass is 79.9. The van der Waals surface area contributed by atoms with Crippen LogP contribution in [0.2, 0.25) is 0 Å². The molecule has 0 aliphatic heterocycles. The van der Waals surface area contributed by atoms with Gasteiger partial charge in [-0.15, -0.1) is 11.3 Å². The molecule has 112 valence electrons. The third kappa shape index (κ3) is 4.68. The van der Waals surface area contributed by atoms with E-state index in [9.17, 15) is 4.79 Å². The zero-order valence-electron chi connectivity index (χ0n) is 12.4. The zero-order valence-corrected chi connectivity index (χ0v) is 14.8. The van der Waals surface area contributed by atoms with Crippen LogP contribution in [0.15, 0.2) is 15.2 Å². The summed E-state index contributed by atoms with van der Waals surface area (Å²) in [5, 5.41) is 2.18. The van der Waals surface area contributed by atoms with Crippen LogP contribution in [0, 0.1) is 11.8 Å². The fourth-order valence-electron chi connectivity index (χ4n) is 3.23. The molecule has 0 spiro atoms. The van der Waals surface area contributed by atoms with Crippen molar-refractivity contribution in [3.63, 3.8) is 0 Å². The SMILES string of the molecule is CCCC1CCC(=O)C(CN(C)Cc2csc(Br)c2)C1. The molecule has 1 aliphatic rings. The standard InChI is InChI=1S/C16H24BrNOS/c1-3-4-12-5-6-15(19)14(7-12)10-18(2)9-13-8-16(17)20-11-13/h8,11-12,14H,3-7,9-10H2,1-2H3. The predicted molar refractivity (Wildman–Crippen MR) is 89.1 cm³/mol. The molecule has 2 rings (SSSR count). The molecule has 20 heavy (non-hydrogen) atoms. The summed E-state index contributed by atoms with van der Waals surface area (Å²) >= 11 is 5.22. The van der Waals surface area contributed by atoms with Crippen LogP contribution < -0.4 is 0 Å². The lowest BCUT2D eigenvalue weighted by Gasteiger charge is -2.30. The second-order valence-electron chi connectivity index (χ2n) is 6.05. The van der Waals surface area contributed by atoms with Crippen LogP contribution in [0.3, 0.4) is 0 Å². The maximum absolute atomic E-state index is 12.1. The molecule has 2 unspecified atom stereocenters. The molecule has 4 heteroatoms. The van der Waals surface area contributed by atoms with Crippen molar-refractivity contribution in [1.82, 2.24) is 4.90 Å². The molecule has 0 amide bonds. The Kier molecular flexibility index (Phi) is 6.24. The molecular formula is C16H24BrNOS. The molecule has 2 atom stereocenters. The van der Waals surface area contributed by atoms with Crippen LogP contribution in [0.4, 0.5) is 0 Å². The van der Waals surface area contributed by atoms with Crippen molar-refractivity contribution in [2.24, 2.45) is 11.8 Å². The van der Waals surface area contributed by atoms with Gasteiger partial charge in [0.2, 0.25) is 0 Å². The lowest BCUT2D eigenvalue weighted by molar-refractivity contribution is -0.126. The van der Waals surface area contributed by atoms with Crippen LogP contribution in [0.5, 0.6) is 0 Å². The Balaban J connectivity index is 1.85. The van der Waals surface area contributed by atoms with Crippen molar-refractivity contribution in [1.29, 1.82) is 0 Å². The van der Waals surface area contributed by atoms with E-state index in [1.54, 1.807) is 11.3 Å². The van der Waals surface area contributed by atoms with Gasteiger partial charge in [0, 0.05) is 25.4 Å². The van der Waals surface area contributed by atoms with Crippen molar-refractivity contribution in [3.05, 3.63) is 20.8 Å². The highest BCUT2D eigenvalue weighted by Gasteiger charge is 2.28. The third-order valence-corrected chi connectivity index (χ3v) is 5.73. The number of rotatable bonds is 6. The first kappa shape index (κ1) is 16.2. The Morgan fingerprint density at radius 1 is 1.50 bits per heavy atom. The number of Topliss-reactive ketones (excluding diaryl/α,β-unsaturated/α-hetero) is 1. The summed E-state index contributed by atoms with van der Waals surface area (Å²) in [6.45, 7) is 4.09. The fourth-order valence-corrected chi connectivity index (χ4v) is 4.43. The summed E-state index contributed by atoms with van der Waals surface area (Å²) in [5.74, 6) is 1.51. The summed E-state index contributed by atoms with van der Waals surface area (Å²) in [7, 11) is 2.13. The Hall–Kier alpha value is -0.190. The minimum absolute atomic E-state index is 0.257. The number of carbonyl (C=O) groups excluding carboxylic acids is 1. The average Bonchev–Trinajstić information content (AvgIpc) is 2.79. The van der Waals surface area contributed by atoms with Gasteiger partial charge in [-0.1, -0.05) is 19.8 Å². The summed E-state index contributed by atoms with van der Waals surface area (Å²) in [6.07, 6.45) is 5.54. The Bertz CT molecular complexity index is 445. The maximum atomic E-state index is 12.1. The molecular weight excluding hydrogens is 334 g/mol. The molecule has 0 N–H and O–H groups in total. The van der Waals surface area contributed by atoms with Crippen molar-refractivity contribution >= 4 is 33.0 Å². The maximum Gasteiger partial charge on any atom is 0.137 e. The van der Waals surface area contributed by atoms with E-state index in [0.29, 0.717) is 5.78 Å². The Morgan fingerprint density at radius 3 is 2.95 bits per heavy atom. The van der Waals surface area contributed by atoms with E-state index in [2.05, 4.69) is 46.2 Å². The van der Waals surface area contributed by atoms with Gasteiger partial charge in [0.1, 0.15) is 5.78 Å². The first-order valence-electron chi connectivity index (χ1n) is 7.52. The van der Waals surface area contributed by atoms with Crippen LogP contribution in [0.25, 0.3) is 0 Å². The Labute approximate surface area is 134 Å². The molecule has 1 aliphatic carbocycles. The van der Waals surface area contributed by atoms with Crippen molar-refractivity contribution in [2.45, 2.75) is 45.6 Å². The number of carbonyl (C=O) groups is 1. The van der Waals surface area contributed by atoms with Gasteiger partial charge in [-0.25, -0.2) is 0 Å². The van der Waals surface area contributed by atoms with Gasteiger partial charge in [-0.2, -0.15) is 0 Å². The van der Waals surface area contributed by atoms with E-state index >= 15 is 0 Å². The normalized spacial score (nSPS) is 23.5. The molecule has 1 saturated carbocycles. The first-order valence-corrected chi connectivity index (χ1v) is 9.20. The van der Waals surface area contributed by atoms with Crippen LogP contribution >= 0.6 is 27.3 Å². The quantitative estimate of drug-likeness (QED) is 0.733. The molecule has 0 saturated heterocycles. The molecule has 0 radical (unpaired) electrons. The number of nitrogens with zero attached hydrogens (tertiary/aromatic N) is 1. The molecule has 1 aromatic heterocycles. The van der Waals surface area contributed by atoms with Gasteiger partial charge >= 0.3 is 0 Å². The van der Waals surface area contributed by atoms with Gasteiger partial charge < -0.3 is 4.90 Å². The minimum atomic E-state index is 0.257. The summed E-state index contributed by atoms with van der Waals surface area (Å²) in [5.41, 5.74) is 1.33. The second kappa shape index (κ2) is 7.71. The second-order valence-corrected chi connectivity index (χ2v) is 8.34. The molecule has 1 aromatic rings. The van der Waals surface area contributed by atoms with Crippen LogP contribution in [-0.2, 0) is 11.3 Å². The highest BCUT2D eigenvalue weighted by molar-refractivity contribution is 9.11. The van der Waals surface area contributed by atoms with Gasteiger partial charge in [-0.3, -0.25) is 4.79 Å². The highest BCUT2D eigenvalue weighted by Crippen LogP contribution is 2.30. The van der Waals surface area contributed by atoms with Crippen LogP contribution in [-0.4, -0.2) is 24.3 Å². The molecule has 1 heterocycles. The van der Waals surface area contributed by atoms with E-state index in [4.69, 9.17) is 0 Å². The Morgan fingerprint density at radius 2 is 2.30 bits per heavy atom. The van der Waals surface area contributed by atoms with E-state index in [1.807, 2.05) is 0 Å². The topological polar surface area (TPSA) is 20.3 Å². The van der Waals surface area contributed by atoms with Crippen molar-refractivity contribution in [3.8, 4) is 0 Å². The van der Waals surface area contributed by atoms with E-state index in [1.165, 1.54) is 22.2 Å². The molecule has 0 aromatic carbocycles. The lowest BCUT2D eigenvalue weighted by atomic mass is 9.78. The van der Waals surface area contributed by atoms with Gasteiger partial charge in [0.05, 0.1) is 3.79 Å². The predicted octanol–water partition coefficient (Wildman–Crippen LogP) is 4.73. The summed E-state index contributed by atoms with van der Waals surface area (Å²) in [4.78, 5) is 14.4. The minimum Gasteiger partial charge on any atom is -0.301 e. The van der Waals surface area contributed by atoms with Crippen molar-refractivity contribution < 1.29 is 4.79 Å². The molecule has 2 nitrogen and oxygen atoms in total. The van der Waals surface area contributed by atoms with Gasteiger partial charge in [0.15, 0.2) is 0 Å². The number of thiophene rings is 1. The number of ketones is 1. The number of hydrogen-bond donors (Lipinski definition) is 0. The average molecular weight is 358 g/mol. The van der Waals surface area contributed by atoms with E-state index in [-0.39, 0.29) is 5.92 Å². The summed E-state index contributed by atoms with van der Waals surface area (Å²) < 4.78 is 1.18. The van der Waals surface area contributed by atoms with E-state index in [0.717, 1.165) is 38.3 Å². The molecule has 0 bridgehead atoms. The summed E-state index contributed by atoms with van der Waals surface area (Å²) in [6, 6.07) is 2.17. The lowest BCUT2D eigenvalue weighted by Crippen LogP contribution is -2.34. The van der Waals surface area contributed by atoms with Crippen molar-refractivity contribution in [2.75, 3.05) is 13.6 Å².